The first-order valence-electron chi connectivity index (χ1n) is 8.98. The van der Waals surface area contributed by atoms with Crippen LogP contribution in [0, 0.1) is 5.92 Å². The predicted octanol–water partition coefficient (Wildman–Crippen LogP) is 0.687. The zero-order chi connectivity index (χ0) is 23.5. The zero-order valence-electron chi connectivity index (χ0n) is 18.0. The van der Waals surface area contributed by atoms with Gasteiger partial charge in [0.1, 0.15) is 18.3 Å². The number of allylic oxidation sites excluding steroid dienone is 2. The second-order valence-corrected chi connectivity index (χ2v) is 8.82. The molecule has 1 aromatic rings. The maximum Gasteiger partial charge on any atom is 0.336 e. The number of dihydropyridines is 1. The van der Waals surface area contributed by atoms with Crippen LogP contribution in [-0.4, -0.2) is 58.9 Å². The van der Waals surface area contributed by atoms with E-state index in [4.69, 9.17) is 18.6 Å². The summed E-state index contributed by atoms with van der Waals surface area (Å²) >= 11 is 0. The van der Waals surface area contributed by atoms with Crippen LogP contribution in [0.1, 0.15) is 19.6 Å². The number of carbonyl (C=O) groups excluding carboxylic acids is 3. The first-order valence-corrected chi connectivity index (χ1v) is 10.4. The van der Waals surface area contributed by atoms with Crippen molar-refractivity contribution < 1.29 is 41.4 Å². The Hall–Kier alpha value is -3.12. The van der Waals surface area contributed by atoms with Crippen LogP contribution in [0.15, 0.2) is 44.2 Å². The fourth-order valence-electron chi connectivity index (χ4n) is 2.97. The third-order valence-corrected chi connectivity index (χ3v) is 6.22. The average Bonchev–Trinajstić information content (AvgIpc) is 3.20. The van der Waals surface area contributed by atoms with Crippen molar-refractivity contribution in [2.45, 2.75) is 25.5 Å². The second kappa shape index (κ2) is 9.35. The number of esters is 3. The van der Waals surface area contributed by atoms with Crippen LogP contribution < -0.4 is 5.32 Å². The quantitative estimate of drug-likeness (QED) is 0.460. The molecule has 1 aliphatic rings. The normalized spacial score (nSPS) is 15.1. The Morgan fingerprint density at radius 1 is 1.03 bits per heavy atom. The van der Waals surface area contributed by atoms with Gasteiger partial charge >= 0.3 is 17.9 Å². The molecule has 1 aromatic heterocycles. The SMILES string of the molecule is COC(=O)C1=C(C)NC(C)=C(C(=O)OC)C1C(=O)OCc1ccc(S(=O)(=O)N(C)C)o1. The maximum atomic E-state index is 12.9. The molecule has 2 rings (SSSR count). The summed E-state index contributed by atoms with van der Waals surface area (Å²) in [4.78, 5) is 37.6. The lowest BCUT2D eigenvalue weighted by molar-refractivity contribution is -0.152. The Balaban J connectivity index is 2.33. The number of methoxy groups -OCH3 is 2. The van der Waals surface area contributed by atoms with Gasteiger partial charge in [0.2, 0.25) is 5.09 Å². The largest absolute Gasteiger partial charge is 0.466 e. The summed E-state index contributed by atoms with van der Waals surface area (Å²) in [5.41, 5.74) is 0.426. The van der Waals surface area contributed by atoms with Gasteiger partial charge in [-0.15, -0.1) is 0 Å². The number of sulfonamides is 1. The molecule has 0 aliphatic carbocycles. The van der Waals surface area contributed by atoms with E-state index in [1.165, 1.54) is 26.2 Å². The molecule has 2 heterocycles. The van der Waals surface area contributed by atoms with Crippen molar-refractivity contribution >= 4 is 27.9 Å². The van der Waals surface area contributed by atoms with Gasteiger partial charge in [-0.25, -0.2) is 22.3 Å². The van der Waals surface area contributed by atoms with Gasteiger partial charge in [0.25, 0.3) is 10.0 Å². The van der Waals surface area contributed by atoms with Crippen LogP contribution in [0.25, 0.3) is 0 Å². The number of carbonyl (C=O) groups is 3. The lowest BCUT2D eigenvalue weighted by Crippen LogP contribution is -2.37. The van der Waals surface area contributed by atoms with Gasteiger partial charge in [-0.1, -0.05) is 0 Å². The molecular formula is C19H24N2O9S. The van der Waals surface area contributed by atoms with Crippen LogP contribution in [0.4, 0.5) is 0 Å². The van der Waals surface area contributed by atoms with Crippen molar-refractivity contribution in [3.63, 3.8) is 0 Å². The van der Waals surface area contributed by atoms with Gasteiger partial charge in [-0.2, -0.15) is 0 Å². The lowest BCUT2D eigenvalue weighted by Gasteiger charge is -2.28. The van der Waals surface area contributed by atoms with Gasteiger partial charge in [-0.05, 0) is 26.0 Å². The summed E-state index contributed by atoms with van der Waals surface area (Å²) in [6.07, 6.45) is 0. The van der Waals surface area contributed by atoms with Gasteiger partial charge in [-0.3, -0.25) is 4.79 Å². The minimum Gasteiger partial charge on any atom is -0.466 e. The highest BCUT2D eigenvalue weighted by atomic mass is 32.2. The Bertz CT molecular complexity index is 1030. The molecule has 0 spiro atoms. The highest BCUT2D eigenvalue weighted by Crippen LogP contribution is 2.32. The fraction of sp³-hybridized carbons (Fsp3) is 0.421. The number of ether oxygens (including phenoxy) is 3. The summed E-state index contributed by atoms with van der Waals surface area (Å²) in [5, 5.41) is 2.54. The molecule has 0 bridgehead atoms. The molecule has 0 aromatic carbocycles. The van der Waals surface area contributed by atoms with Crippen LogP contribution in [0.3, 0.4) is 0 Å². The summed E-state index contributed by atoms with van der Waals surface area (Å²) in [5.74, 6) is -3.92. The molecule has 31 heavy (non-hydrogen) atoms. The van der Waals surface area contributed by atoms with E-state index in [-0.39, 0.29) is 22.0 Å². The first kappa shape index (κ1) is 24.2. The number of nitrogens with zero attached hydrogens (tertiary/aromatic N) is 1. The van der Waals surface area contributed by atoms with E-state index in [0.29, 0.717) is 11.4 Å². The number of nitrogens with one attached hydrogen (secondary N) is 1. The van der Waals surface area contributed by atoms with E-state index in [1.54, 1.807) is 13.8 Å². The Morgan fingerprint density at radius 2 is 1.55 bits per heavy atom. The van der Waals surface area contributed by atoms with Crippen molar-refractivity contribution in [2.75, 3.05) is 28.3 Å². The van der Waals surface area contributed by atoms with E-state index in [2.05, 4.69) is 5.32 Å². The van der Waals surface area contributed by atoms with Crippen molar-refractivity contribution in [1.82, 2.24) is 9.62 Å². The Morgan fingerprint density at radius 3 is 2.00 bits per heavy atom. The van der Waals surface area contributed by atoms with E-state index in [0.717, 1.165) is 18.5 Å². The van der Waals surface area contributed by atoms with Crippen molar-refractivity contribution in [2.24, 2.45) is 5.92 Å². The van der Waals surface area contributed by atoms with E-state index >= 15 is 0 Å². The third-order valence-electron chi connectivity index (χ3n) is 4.54. The molecule has 0 saturated carbocycles. The second-order valence-electron chi connectivity index (χ2n) is 6.73. The van der Waals surface area contributed by atoms with E-state index < -0.39 is 40.5 Å². The smallest absolute Gasteiger partial charge is 0.336 e. The molecule has 1 N–H and O–H groups in total. The standard InChI is InChI=1S/C19H24N2O9S/c1-10-14(17(22)27-5)16(15(11(2)20-10)18(23)28-6)19(24)29-9-12-7-8-13(30-12)31(25,26)21(3)4/h7-8,16,20H,9H2,1-6H3. The number of rotatable bonds is 7. The molecule has 0 unspecified atom stereocenters. The highest BCUT2D eigenvalue weighted by Gasteiger charge is 2.42. The minimum atomic E-state index is -3.80. The summed E-state index contributed by atoms with van der Waals surface area (Å²) < 4.78 is 45.2. The topological polar surface area (TPSA) is 141 Å². The van der Waals surface area contributed by atoms with E-state index in [9.17, 15) is 22.8 Å². The summed E-state index contributed by atoms with van der Waals surface area (Å²) in [6, 6.07) is 2.58. The molecule has 0 amide bonds. The Kier molecular flexibility index (Phi) is 7.28. The number of hydrogen-bond donors (Lipinski definition) is 1. The van der Waals surface area contributed by atoms with Gasteiger partial charge in [0, 0.05) is 25.5 Å². The lowest BCUT2D eigenvalue weighted by atomic mass is 9.85. The predicted molar refractivity (Wildman–Crippen MR) is 105 cm³/mol. The van der Waals surface area contributed by atoms with Crippen LogP contribution in [0.2, 0.25) is 0 Å². The van der Waals surface area contributed by atoms with Gasteiger partial charge < -0.3 is 23.9 Å². The molecule has 12 heteroatoms. The fourth-order valence-corrected chi connectivity index (χ4v) is 3.78. The third kappa shape index (κ3) is 4.80. The monoisotopic (exact) mass is 456 g/mol. The van der Waals surface area contributed by atoms with Gasteiger partial charge in [0.15, 0.2) is 0 Å². The zero-order valence-corrected chi connectivity index (χ0v) is 18.8. The van der Waals surface area contributed by atoms with Crippen molar-refractivity contribution in [1.29, 1.82) is 0 Å². The van der Waals surface area contributed by atoms with Crippen LogP contribution in [0.5, 0.6) is 0 Å². The van der Waals surface area contributed by atoms with E-state index in [1.807, 2.05) is 0 Å². The maximum absolute atomic E-state index is 12.9. The van der Waals surface area contributed by atoms with Crippen LogP contribution >= 0.6 is 0 Å². The average molecular weight is 456 g/mol. The molecule has 0 fully saturated rings. The molecule has 0 saturated heterocycles. The number of hydrogen-bond acceptors (Lipinski definition) is 10. The molecule has 1 aliphatic heterocycles. The molecule has 0 atom stereocenters. The van der Waals surface area contributed by atoms with Gasteiger partial charge in [0.05, 0.1) is 25.4 Å². The Labute approximate surface area is 179 Å². The molecule has 11 nitrogen and oxygen atoms in total. The summed E-state index contributed by atoms with van der Waals surface area (Å²) in [6.45, 7) is 2.68. The molecule has 170 valence electrons. The summed E-state index contributed by atoms with van der Waals surface area (Å²) in [7, 11) is 1.18. The molecular weight excluding hydrogens is 432 g/mol. The highest BCUT2D eigenvalue weighted by molar-refractivity contribution is 7.88. The molecule has 0 radical (unpaired) electrons. The first-order chi connectivity index (χ1) is 14.4. The van der Waals surface area contributed by atoms with Crippen LogP contribution in [-0.2, 0) is 45.2 Å². The number of furan rings is 1. The van der Waals surface area contributed by atoms with Crippen molar-refractivity contribution in [3.05, 3.63) is 40.4 Å². The van der Waals surface area contributed by atoms with Crippen molar-refractivity contribution in [3.8, 4) is 0 Å². The minimum absolute atomic E-state index is 0.0587.